The number of aliphatic hydroxyl groups excluding tert-OH is 1. The maximum atomic E-state index is 11.7. The fraction of sp³-hybridized carbons (Fsp3) is 0.917. The Morgan fingerprint density at radius 1 is 1.53 bits per heavy atom. The summed E-state index contributed by atoms with van der Waals surface area (Å²) in [6.07, 6.45) is 0.600. The summed E-state index contributed by atoms with van der Waals surface area (Å²) >= 11 is 0. The van der Waals surface area contributed by atoms with Crippen molar-refractivity contribution in [3.05, 3.63) is 0 Å². The van der Waals surface area contributed by atoms with Gasteiger partial charge in [-0.3, -0.25) is 0 Å². The Kier molecular flexibility index (Phi) is 3.08. The number of aliphatic hydroxyl groups is 1. The molecule has 2 rings (SSSR count). The second-order valence-corrected chi connectivity index (χ2v) is 5.99. The van der Waals surface area contributed by atoms with Crippen molar-refractivity contribution in [3.63, 3.8) is 0 Å². The predicted octanol–water partition coefficient (Wildman–Crippen LogP) is 1.05. The molecule has 1 aliphatic carbocycles. The highest BCUT2D eigenvalue weighted by Crippen LogP contribution is 2.47. The van der Waals surface area contributed by atoms with Crippen molar-refractivity contribution in [3.8, 4) is 0 Å². The predicted molar refractivity (Wildman–Crippen MR) is 61.7 cm³/mol. The molecule has 3 atom stereocenters. The lowest BCUT2D eigenvalue weighted by Crippen LogP contribution is -2.64. The van der Waals surface area contributed by atoms with Gasteiger partial charge in [0, 0.05) is 18.1 Å². The van der Waals surface area contributed by atoms with Crippen LogP contribution in [0, 0.1) is 5.41 Å². The molecule has 0 aromatic heterocycles. The first-order valence-corrected chi connectivity index (χ1v) is 6.09. The first-order chi connectivity index (χ1) is 7.83. The molecule has 3 unspecified atom stereocenters. The van der Waals surface area contributed by atoms with Crippen LogP contribution in [0.2, 0.25) is 0 Å². The van der Waals surface area contributed by atoms with Crippen LogP contribution in [0.15, 0.2) is 0 Å². The lowest BCUT2D eigenvalue weighted by molar-refractivity contribution is -0.0975. The van der Waals surface area contributed by atoms with Gasteiger partial charge in [0.2, 0.25) is 0 Å². The maximum absolute atomic E-state index is 11.7. The zero-order valence-corrected chi connectivity index (χ0v) is 10.7. The maximum Gasteiger partial charge on any atom is 0.407 e. The highest BCUT2D eigenvalue weighted by molar-refractivity contribution is 5.68. The molecular formula is C12H21NO4. The summed E-state index contributed by atoms with van der Waals surface area (Å²) < 4.78 is 10.5. The Labute approximate surface area is 101 Å². The quantitative estimate of drug-likeness (QED) is 0.722. The van der Waals surface area contributed by atoms with Gasteiger partial charge in [0.25, 0.3) is 0 Å². The van der Waals surface area contributed by atoms with E-state index in [-0.39, 0.29) is 17.6 Å². The second kappa shape index (κ2) is 4.14. The number of alkyl carbamates (subject to hydrolysis) is 1. The van der Waals surface area contributed by atoms with Gasteiger partial charge in [-0.05, 0) is 33.6 Å². The smallest absolute Gasteiger partial charge is 0.407 e. The fourth-order valence-electron chi connectivity index (χ4n) is 2.55. The van der Waals surface area contributed by atoms with Gasteiger partial charge in [-0.15, -0.1) is 0 Å². The van der Waals surface area contributed by atoms with E-state index in [0.717, 1.165) is 6.42 Å². The van der Waals surface area contributed by atoms with Gasteiger partial charge < -0.3 is 19.9 Å². The molecule has 5 heteroatoms. The molecule has 2 N–H and O–H groups in total. The molecule has 0 aromatic rings. The van der Waals surface area contributed by atoms with E-state index in [1.165, 1.54) is 0 Å². The third kappa shape index (κ3) is 2.40. The number of carbonyl (C=O) groups is 1. The Bertz CT molecular complexity index is 304. The van der Waals surface area contributed by atoms with E-state index in [4.69, 9.17) is 9.47 Å². The first kappa shape index (κ1) is 12.6. The number of amides is 1. The number of rotatable bonds is 1. The van der Waals surface area contributed by atoms with E-state index in [0.29, 0.717) is 19.6 Å². The van der Waals surface area contributed by atoms with Crippen molar-refractivity contribution in [1.29, 1.82) is 0 Å². The van der Waals surface area contributed by atoms with Crippen LogP contribution >= 0.6 is 0 Å². The Morgan fingerprint density at radius 2 is 2.24 bits per heavy atom. The Balaban J connectivity index is 1.90. The van der Waals surface area contributed by atoms with Gasteiger partial charge in [0.15, 0.2) is 0 Å². The fourth-order valence-corrected chi connectivity index (χ4v) is 2.55. The number of nitrogens with one attached hydrogen (secondary N) is 1. The molecule has 1 aliphatic heterocycles. The van der Waals surface area contributed by atoms with Crippen molar-refractivity contribution in [2.45, 2.75) is 51.4 Å². The number of carbonyl (C=O) groups excluding carboxylic acids is 1. The largest absolute Gasteiger partial charge is 0.444 e. The standard InChI is InChI=1S/C12H21NO4/c1-11(2,3)17-10(15)13-8-6-9(14)12(8)4-5-16-7-12/h8-9,14H,4-7H2,1-3H3,(H,13,15). The van der Waals surface area contributed by atoms with E-state index in [9.17, 15) is 9.90 Å². The minimum atomic E-state index is -0.494. The summed E-state index contributed by atoms with van der Waals surface area (Å²) in [7, 11) is 0. The van der Waals surface area contributed by atoms with Crippen LogP contribution in [0.25, 0.3) is 0 Å². The molecule has 1 saturated carbocycles. The molecule has 17 heavy (non-hydrogen) atoms. The van der Waals surface area contributed by atoms with Crippen molar-refractivity contribution in [2.75, 3.05) is 13.2 Å². The summed E-state index contributed by atoms with van der Waals surface area (Å²) in [5.41, 5.74) is -0.775. The van der Waals surface area contributed by atoms with Crippen LogP contribution in [0.5, 0.6) is 0 Å². The number of ether oxygens (including phenoxy) is 2. The van der Waals surface area contributed by atoms with Crippen molar-refractivity contribution >= 4 is 6.09 Å². The molecule has 0 bridgehead atoms. The van der Waals surface area contributed by atoms with Gasteiger partial charge in [0.1, 0.15) is 5.60 Å². The summed E-state index contributed by atoms with van der Waals surface area (Å²) in [5.74, 6) is 0. The molecule has 1 heterocycles. The van der Waals surface area contributed by atoms with E-state index in [1.54, 1.807) is 0 Å². The third-order valence-corrected chi connectivity index (χ3v) is 3.59. The third-order valence-electron chi connectivity index (χ3n) is 3.59. The van der Waals surface area contributed by atoms with E-state index in [2.05, 4.69) is 5.32 Å². The minimum Gasteiger partial charge on any atom is -0.444 e. The highest BCUT2D eigenvalue weighted by atomic mass is 16.6. The summed E-state index contributed by atoms with van der Waals surface area (Å²) in [6, 6.07) is -0.0325. The summed E-state index contributed by atoms with van der Waals surface area (Å²) in [6.45, 7) is 6.67. The minimum absolute atomic E-state index is 0.0325. The Hall–Kier alpha value is -0.810. The van der Waals surface area contributed by atoms with E-state index < -0.39 is 11.7 Å². The molecule has 5 nitrogen and oxygen atoms in total. The van der Waals surface area contributed by atoms with Gasteiger partial charge in [-0.2, -0.15) is 0 Å². The van der Waals surface area contributed by atoms with Crippen LogP contribution in [0.3, 0.4) is 0 Å². The SMILES string of the molecule is CC(C)(C)OC(=O)NC1CC(O)C12CCOC2. The van der Waals surface area contributed by atoms with Crippen molar-refractivity contribution in [2.24, 2.45) is 5.41 Å². The topological polar surface area (TPSA) is 67.8 Å². The zero-order valence-electron chi connectivity index (χ0n) is 10.7. The van der Waals surface area contributed by atoms with Crippen LogP contribution in [-0.4, -0.2) is 42.2 Å². The van der Waals surface area contributed by atoms with Crippen molar-refractivity contribution in [1.82, 2.24) is 5.32 Å². The van der Waals surface area contributed by atoms with Crippen molar-refractivity contribution < 1.29 is 19.4 Å². The zero-order chi connectivity index (χ0) is 12.7. The monoisotopic (exact) mass is 243 g/mol. The average molecular weight is 243 g/mol. The highest BCUT2D eigenvalue weighted by Gasteiger charge is 2.57. The van der Waals surface area contributed by atoms with Gasteiger partial charge in [-0.1, -0.05) is 0 Å². The molecule has 2 aliphatic rings. The lowest BCUT2D eigenvalue weighted by Gasteiger charge is -2.50. The van der Waals surface area contributed by atoms with Gasteiger partial charge in [0.05, 0.1) is 12.7 Å². The summed E-state index contributed by atoms with van der Waals surface area (Å²) in [4.78, 5) is 11.7. The van der Waals surface area contributed by atoms with E-state index in [1.807, 2.05) is 20.8 Å². The van der Waals surface area contributed by atoms with Crippen LogP contribution in [-0.2, 0) is 9.47 Å². The van der Waals surface area contributed by atoms with E-state index >= 15 is 0 Å². The summed E-state index contributed by atoms with van der Waals surface area (Å²) in [5, 5.41) is 12.7. The molecule has 1 saturated heterocycles. The average Bonchev–Trinajstić information content (AvgIpc) is 2.65. The molecule has 2 fully saturated rings. The first-order valence-electron chi connectivity index (χ1n) is 6.09. The van der Waals surface area contributed by atoms with Gasteiger partial charge >= 0.3 is 6.09 Å². The molecule has 0 radical (unpaired) electrons. The van der Waals surface area contributed by atoms with Crippen LogP contribution in [0.1, 0.15) is 33.6 Å². The number of hydrogen-bond acceptors (Lipinski definition) is 4. The molecule has 1 amide bonds. The second-order valence-electron chi connectivity index (χ2n) is 5.99. The molecule has 98 valence electrons. The normalized spacial score (nSPS) is 36.7. The molecule has 0 aromatic carbocycles. The van der Waals surface area contributed by atoms with Crippen LogP contribution < -0.4 is 5.32 Å². The Morgan fingerprint density at radius 3 is 2.71 bits per heavy atom. The molecule has 1 spiro atoms. The van der Waals surface area contributed by atoms with Crippen LogP contribution in [0.4, 0.5) is 4.79 Å². The molecular weight excluding hydrogens is 222 g/mol. The number of hydrogen-bond donors (Lipinski definition) is 2. The van der Waals surface area contributed by atoms with Gasteiger partial charge in [-0.25, -0.2) is 4.79 Å². The lowest BCUT2D eigenvalue weighted by atomic mass is 9.61.